The highest BCUT2D eigenvalue weighted by molar-refractivity contribution is 6.18. The van der Waals surface area contributed by atoms with Crippen LogP contribution in [0.2, 0.25) is 0 Å². The van der Waals surface area contributed by atoms with Crippen LogP contribution in [0.5, 0.6) is 0 Å². The van der Waals surface area contributed by atoms with E-state index >= 15 is 0 Å². The van der Waals surface area contributed by atoms with Crippen LogP contribution in [0.1, 0.15) is 13.2 Å². The molecule has 0 aliphatic rings. The smallest absolute Gasteiger partial charge is 0.351 e. The molecule has 5 N–H and O–H groups in total. The molecule has 8 nitrogen and oxygen atoms in total. The molecule has 0 amide bonds. The molecule has 0 aliphatic heterocycles. The zero-order valence-electron chi connectivity index (χ0n) is 10.9. The van der Waals surface area contributed by atoms with Gasteiger partial charge in [0.1, 0.15) is 11.4 Å². The standard InChI is InChI=1S/C11H18ClN3O5/c1-7(18)11(5-12,6-17)20-9(4-16)15-3-2-8(13)14-10(15)19/h2-3,7,9,16-18H,4-6H2,1H3,(H2,13,14,19)/t7-,9+,11+/m0/s1. The van der Waals surface area contributed by atoms with Gasteiger partial charge in [-0.1, -0.05) is 0 Å². The van der Waals surface area contributed by atoms with Crippen LogP contribution in [-0.2, 0) is 4.74 Å². The van der Waals surface area contributed by atoms with Crippen LogP contribution in [0.3, 0.4) is 0 Å². The van der Waals surface area contributed by atoms with Gasteiger partial charge in [0.05, 0.1) is 25.2 Å². The lowest BCUT2D eigenvalue weighted by atomic mass is 10.0. The van der Waals surface area contributed by atoms with Gasteiger partial charge >= 0.3 is 5.69 Å². The van der Waals surface area contributed by atoms with Crippen molar-refractivity contribution < 1.29 is 20.1 Å². The summed E-state index contributed by atoms with van der Waals surface area (Å²) in [5.41, 5.74) is 3.14. The number of rotatable bonds is 7. The van der Waals surface area contributed by atoms with Gasteiger partial charge in [0.2, 0.25) is 0 Å². The Hall–Kier alpha value is -1.19. The van der Waals surface area contributed by atoms with Gasteiger partial charge in [0.15, 0.2) is 6.23 Å². The quantitative estimate of drug-likeness (QED) is 0.460. The van der Waals surface area contributed by atoms with E-state index in [4.69, 9.17) is 22.1 Å². The zero-order chi connectivity index (χ0) is 15.3. The Morgan fingerprint density at radius 3 is 2.65 bits per heavy atom. The molecule has 0 aromatic carbocycles. The number of alkyl halides is 1. The Morgan fingerprint density at radius 1 is 1.60 bits per heavy atom. The molecule has 9 heteroatoms. The minimum atomic E-state index is -1.50. The average molecular weight is 308 g/mol. The van der Waals surface area contributed by atoms with Gasteiger partial charge in [-0.05, 0) is 13.0 Å². The molecular weight excluding hydrogens is 290 g/mol. The lowest BCUT2D eigenvalue weighted by Crippen LogP contribution is -2.51. The number of aromatic nitrogens is 2. The first-order valence-electron chi connectivity index (χ1n) is 5.88. The summed E-state index contributed by atoms with van der Waals surface area (Å²) in [6, 6.07) is 1.36. The molecule has 3 atom stereocenters. The number of halogens is 1. The second-order valence-corrected chi connectivity index (χ2v) is 4.60. The van der Waals surface area contributed by atoms with Crippen molar-refractivity contribution >= 4 is 17.4 Å². The summed E-state index contributed by atoms with van der Waals surface area (Å²) in [5.74, 6) is -0.196. The summed E-state index contributed by atoms with van der Waals surface area (Å²) in [6.07, 6.45) is -0.975. The lowest BCUT2D eigenvalue weighted by molar-refractivity contribution is -0.191. The minimum Gasteiger partial charge on any atom is -0.393 e. The highest BCUT2D eigenvalue weighted by Crippen LogP contribution is 2.24. The van der Waals surface area contributed by atoms with Crippen LogP contribution in [0, 0.1) is 0 Å². The first kappa shape index (κ1) is 16.9. The Bertz CT molecular complexity index is 489. The van der Waals surface area contributed by atoms with E-state index in [0.29, 0.717) is 0 Å². The topological polar surface area (TPSA) is 131 Å². The molecule has 0 fully saturated rings. The van der Waals surface area contributed by atoms with Crippen LogP contribution in [-0.4, -0.2) is 55.7 Å². The third-order valence-electron chi connectivity index (χ3n) is 2.94. The number of nitrogen functional groups attached to an aromatic ring is 1. The number of nitrogens with two attached hydrogens (primary N) is 1. The van der Waals surface area contributed by atoms with Crippen LogP contribution in [0.15, 0.2) is 17.1 Å². The normalized spacial score (nSPS) is 17.4. The van der Waals surface area contributed by atoms with Crippen molar-refractivity contribution in [2.75, 3.05) is 24.8 Å². The van der Waals surface area contributed by atoms with Gasteiger partial charge in [-0.25, -0.2) is 4.79 Å². The SMILES string of the molecule is C[C@H](O)[C@](CO)(CCl)O[C@H](CO)n1ccc(N)nc1=O. The molecule has 1 heterocycles. The number of ether oxygens (including phenoxy) is 1. The lowest BCUT2D eigenvalue weighted by Gasteiger charge is -2.36. The summed E-state index contributed by atoms with van der Waals surface area (Å²) < 4.78 is 6.45. The fraction of sp³-hybridized carbons (Fsp3) is 0.636. The average Bonchev–Trinajstić information content (AvgIpc) is 2.41. The van der Waals surface area contributed by atoms with E-state index in [1.165, 1.54) is 19.2 Å². The van der Waals surface area contributed by atoms with Crippen molar-refractivity contribution in [3.8, 4) is 0 Å². The third-order valence-corrected chi connectivity index (χ3v) is 3.40. The van der Waals surface area contributed by atoms with Gasteiger partial charge in [-0.3, -0.25) is 4.57 Å². The molecule has 0 saturated carbocycles. The molecule has 0 unspecified atom stereocenters. The predicted molar refractivity (Wildman–Crippen MR) is 72.3 cm³/mol. The first-order chi connectivity index (χ1) is 9.40. The van der Waals surface area contributed by atoms with E-state index in [2.05, 4.69) is 4.98 Å². The highest BCUT2D eigenvalue weighted by Gasteiger charge is 2.38. The molecule has 0 aliphatic carbocycles. The zero-order valence-corrected chi connectivity index (χ0v) is 11.7. The van der Waals surface area contributed by atoms with E-state index in [1.807, 2.05) is 0 Å². The van der Waals surface area contributed by atoms with E-state index in [-0.39, 0.29) is 11.7 Å². The van der Waals surface area contributed by atoms with Crippen LogP contribution in [0.25, 0.3) is 0 Å². The van der Waals surface area contributed by atoms with E-state index in [9.17, 15) is 20.1 Å². The van der Waals surface area contributed by atoms with Crippen molar-refractivity contribution in [3.63, 3.8) is 0 Å². The summed E-state index contributed by atoms with van der Waals surface area (Å²) in [4.78, 5) is 15.2. The van der Waals surface area contributed by atoms with Crippen molar-refractivity contribution in [3.05, 3.63) is 22.7 Å². The molecular formula is C11H18ClN3O5. The van der Waals surface area contributed by atoms with E-state index in [1.54, 1.807) is 0 Å². The highest BCUT2D eigenvalue weighted by atomic mass is 35.5. The fourth-order valence-electron chi connectivity index (χ4n) is 1.55. The first-order valence-corrected chi connectivity index (χ1v) is 6.42. The number of hydrogen-bond acceptors (Lipinski definition) is 7. The van der Waals surface area contributed by atoms with Crippen molar-refractivity contribution in [2.24, 2.45) is 0 Å². The third kappa shape index (κ3) is 3.47. The molecule has 0 bridgehead atoms. The molecule has 114 valence electrons. The summed E-state index contributed by atoms with van der Waals surface area (Å²) in [6.45, 7) is 0.232. The maximum atomic E-state index is 11.7. The second-order valence-electron chi connectivity index (χ2n) is 4.33. The Morgan fingerprint density at radius 2 is 2.25 bits per heavy atom. The minimum absolute atomic E-state index is 0.0317. The Kier molecular flexibility index (Phi) is 5.90. The van der Waals surface area contributed by atoms with Gasteiger partial charge in [-0.15, -0.1) is 11.6 Å². The maximum absolute atomic E-state index is 11.7. The molecule has 0 radical (unpaired) electrons. The van der Waals surface area contributed by atoms with Crippen molar-refractivity contribution in [2.45, 2.75) is 24.9 Å². The van der Waals surface area contributed by atoms with Gasteiger partial charge in [0, 0.05) is 6.20 Å². The van der Waals surface area contributed by atoms with Crippen molar-refractivity contribution in [1.82, 2.24) is 9.55 Å². The van der Waals surface area contributed by atoms with E-state index < -0.39 is 36.8 Å². The maximum Gasteiger partial charge on any atom is 0.351 e. The van der Waals surface area contributed by atoms with Crippen LogP contribution in [0.4, 0.5) is 5.82 Å². The Labute approximate surface area is 120 Å². The molecule has 20 heavy (non-hydrogen) atoms. The summed E-state index contributed by atoms with van der Waals surface area (Å²) in [5, 5.41) is 28.4. The molecule has 0 saturated heterocycles. The molecule has 1 rings (SSSR count). The number of nitrogens with zero attached hydrogens (tertiary/aromatic N) is 2. The van der Waals surface area contributed by atoms with Crippen LogP contribution >= 0.6 is 11.6 Å². The largest absolute Gasteiger partial charge is 0.393 e. The Balaban J connectivity index is 3.10. The second kappa shape index (κ2) is 7.00. The molecule has 1 aromatic rings. The molecule has 1 aromatic heterocycles. The number of hydrogen-bond donors (Lipinski definition) is 4. The monoisotopic (exact) mass is 307 g/mol. The van der Waals surface area contributed by atoms with E-state index in [0.717, 1.165) is 4.57 Å². The number of aliphatic hydroxyl groups excluding tert-OH is 3. The molecule has 0 spiro atoms. The summed E-state index contributed by atoms with van der Waals surface area (Å²) in [7, 11) is 0. The van der Waals surface area contributed by atoms with Gasteiger partial charge < -0.3 is 25.8 Å². The summed E-state index contributed by atoms with van der Waals surface area (Å²) >= 11 is 5.72. The van der Waals surface area contributed by atoms with Gasteiger partial charge in [-0.2, -0.15) is 4.98 Å². The number of aliphatic hydroxyl groups is 3. The van der Waals surface area contributed by atoms with Crippen molar-refractivity contribution in [1.29, 1.82) is 0 Å². The predicted octanol–water partition coefficient (Wildman–Crippen LogP) is -1.32. The number of anilines is 1. The van der Waals surface area contributed by atoms with Gasteiger partial charge in [0.25, 0.3) is 0 Å². The van der Waals surface area contributed by atoms with Crippen LogP contribution < -0.4 is 11.4 Å². The fourth-order valence-corrected chi connectivity index (χ4v) is 1.92.